The maximum absolute atomic E-state index is 10.9. The predicted molar refractivity (Wildman–Crippen MR) is 54.7 cm³/mol. The van der Waals surface area contributed by atoms with Crippen molar-refractivity contribution in [3.63, 3.8) is 0 Å². The lowest BCUT2D eigenvalue weighted by Gasteiger charge is -1.98. The van der Waals surface area contributed by atoms with Crippen LogP contribution in [0, 0.1) is 0 Å². The van der Waals surface area contributed by atoms with Gasteiger partial charge in [0.1, 0.15) is 11.5 Å². The van der Waals surface area contributed by atoms with E-state index in [0.29, 0.717) is 11.4 Å². The Morgan fingerprint density at radius 1 is 1.67 bits per heavy atom. The second-order valence-electron chi connectivity index (χ2n) is 3.29. The number of nitrogens with two attached hydrogens (primary N) is 1. The lowest BCUT2D eigenvalue weighted by molar-refractivity contribution is -0.132. The number of hydrogen-bond donors (Lipinski definition) is 2. The van der Waals surface area contributed by atoms with Crippen molar-refractivity contribution in [2.45, 2.75) is 6.42 Å². The van der Waals surface area contributed by atoms with Crippen LogP contribution in [0.5, 0.6) is 0 Å². The highest BCUT2D eigenvalue weighted by molar-refractivity contribution is 6.01. The number of amidine groups is 1. The summed E-state index contributed by atoms with van der Waals surface area (Å²) in [4.78, 5) is 15.0. The van der Waals surface area contributed by atoms with Gasteiger partial charge in [-0.25, -0.2) is 9.79 Å². The Morgan fingerprint density at radius 3 is 3.07 bits per heavy atom. The molecule has 78 valence electrons. The summed E-state index contributed by atoms with van der Waals surface area (Å²) in [5.74, 6) is -0.697. The van der Waals surface area contributed by atoms with Gasteiger partial charge in [-0.1, -0.05) is 0 Å². The predicted octanol–water partition coefficient (Wildman–Crippen LogP) is 0.281. The molecule has 0 radical (unpaired) electrons. The monoisotopic (exact) mass is 206 g/mol. The van der Waals surface area contributed by atoms with Crippen LogP contribution in [-0.4, -0.2) is 26.7 Å². The minimum absolute atomic E-state index is 0.157. The third-order valence-corrected chi connectivity index (χ3v) is 2.19. The molecule has 0 spiro atoms. The Labute approximate surface area is 85.7 Å². The maximum Gasteiger partial charge on any atom is 0.332 e. The van der Waals surface area contributed by atoms with Crippen LogP contribution < -0.4 is 5.73 Å². The summed E-state index contributed by atoms with van der Waals surface area (Å²) >= 11 is 0. The second kappa shape index (κ2) is 3.23. The van der Waals surface area contributed by atoms with Crippen LogP contribution in [0.15, 0.2) is 16.8 Å². The van der Waals surface area contributed by atoms with Crippen LogP contribution in [0.25, 0.3) is 6.08 Å². The van der Waals surface area contributed by atoms with Gasteiger partial charge in [0.2, 0.25) is 0 Å². The molecule has 0 aromatic carbocycles. The molecule has 1 aromatic rings. The van der Waals surface area contributed by atoms with Gasteiger partial charge in [0.25, 0.3) is 0 Å². The smallest absolute Gasteiger partial charge is 0.332 e. The van der Waals surface area contributed by atoms with E-state index >= 15 is 0 Å². The number of aliphatic imine (C=N–C) groups is 1. The number of rotatable bonds is 1. The van der Waals surface area contributed by atoms with Crippen molar-refractivity contribution in [2.24, 2.45) is 17.8 Å². The third-order valence-electron chi connectivity index (χ3n) is 2.19. The average molecular weight is 206 g/mol. The number of aromatic nitrogens is 2. The van der Waals surface area contributed by atoms with Gasteiger partial charge in [-0.15, -0.1) is 0 Å². The van der Waals surface area contributed by atoms with Gasteiger partial charge in [0, 0.05) is 19.0 Å². The lowest BCUT2D eigenvalue weighted by Crippen LogP contribution is -2.14. The van der Waals surface area contributed by atoms with Gasteiger partial charge in [0.15, 0.2) is 0 Å². The van der Waals surface area contributed by atoms with E-state index in [9.17, 15) is 4.79 Å². The molecule has 6 nitrogen and oxygen atoms in total. The first-order chi connectivity index (χ1) is 7.08. The highest BCUT2D eigenvalue weighted by Gasteiger charge is 2.17. The number of carbonyl (C=O) groups is 1. The fourth-order valence-corrected chi connectivity index (χ4v) is 1.43. The number of aliphatic carboxylic acids is 1. The van der Waals surface area contributed by atoms with Crippen molar-refractivity contribution in [2.75, 3.05) is 0 Å². The van der Waals surface area contributed by atoms with Crippen LogP contribution in [-0.2, 0) is 11.8 Å². The van der Waals surface area contributed by atoms with E-state index in [-0.39, 0.29) is 17.8 Å². The molecular formula is C9H10N4O2. The molecular weight excluding hydrogens is 196 g/mol. The van der Waals surface area contributed by atoms with Crippen molar-refractivity contribution in [3.05, 3.63) is 17.5 Å². The fraction of sp³-hybridized carbons (Fsp3) is 0.222. The quantitative estimate of drug-likeness (QED) is 0.690. The largest absolute Gasteiger partial charge is 0.478 e. The van der Waals surface area contributed by atoms with E-state index in [1.165, 1.54) is 0 Å². The standard InChI is InChI=1S/C9H10N4O2/c1-13-7-2-5(9(14)15)3-8(10)12-6(7)4-11-13/h2,4H,3H2,1H3,(H2,10,12)(H,14,15). The summed E-state index contributed by atoms with van der Waals surface area (Å²) in [6.07, 6.45) is 3.27. The van der Waals surface area contributed by atoms with Crippen LogP contribution in [0.3, 0.4) is 0 Å². The van der Waals surface area contributed by atoms with Crippen LogP contribution >= 0.6 is 0 Å². The van der Waals surface area contributed by atoms with Crippen molar-refractivity contribution in [1.29, 1.82) is 0 Å². The summed E-state index contributed by atoms with van der Waals surface area (Å²) in [5, 5.41) is 12.9. The minimum Gasteiger partial charge on any atom is -0.478 e. The molecule has 0 atom stereocenters. The number of carboxylic acids is 1. The SMILES string of the molecule is Cn1ncc2c1C=C(C(=O)O)CC(N)=N2. The van der Waals surface area contributed by atoms with E-state index in [2.05, 4.69) is 10.1 Å². The first-order valence-electron chi connectivity index (χ1n) is 4.37. The summed E-state index contributed by atoms with van der Waals surface area (Å²) in [6.45, 7) is 0. The zero-order valence-electron chi connectivity index (χ0n) is 8.14. The number of hydrogen-bond acceptors (Lipinski definition) is 4. The molecule has 1 aliphatic heterocycles. The van der Waals surface area contributed by atoms with Crippen molar-refractivity contribution in [3.8, 4) is 0 Å². The Balaban J connectivity index is 2.60. The van der Waals surface area contributed by atoms with Gasteiger partial charge in [-0.05, 0) is 6.08 Å². The van der Waals surface area contributed by atoms with Crippen molar-refractivity contribution in [1.82, 2.24) is 9.78 Å². The van der Waals surface area contributed by atoms with Gasteiger partial charge < -0.3 is 10.8 Å². The zero-order chi connectivity index (χ0) is 11.0. The molecule has 0 saturated carbocycles. The Hall–Kier alpha value is -2.11. The maximum atomic E-state index is 10.9. The third kappa shape index (κ3) is 1.61. The van der Waals surface area contributed by atoms with E-state index in [1.54, 1.807) is 24.0 Å². The Bertz CT molecular complexity index is 484. The fourth-order valence-electron chi connectivity index (χ4n) is 1.43. The molecule has 2 heterocycles. The highest BCUT2D eigenvalue weighted by atomic mass is 16.4. The summed E-state index contributed by atoms with van der Waals surface area (Å²) in [6, 6.07) is 0. The average Bonchev–Trinajstić information content (AvgIpc) is 2.42. The topological polar surface area (TPSA) is 93.5 Å². The normalized spacial score (nSPS) is 15.0. The summed E-state index contributed by atoms with van der Waals surface area (Å²) < 4.78 is 1.57. The minimum atomic E-state index is -0.984. The van der Waals surface area contributed by atoms with E-state index in [1.807, 2.05) is 0 Å². The molecule has 2 rings (SSSR count). The number of carboxylic acid groups (broad SMARTS) is 1. The Morgan fingerprint density at radius 2 is 2.40 bits per heavy atom. The molecule has 0 fully saturated rings. The van der Waals surface area contributed by atoms with Crippen LogP contribution in [0.1, 0.15) is 12.1 Å². The molecule has 3 N–H and O–H groups in total. The van der Waals surface area contributed by atoms with E-state index in [0.717, 1.165) is 0 Å². The Kier molecular flexibility index (Phi) is 2.03. The van der Waals surface area contributed by atoms with E-state index in [4.69, 9.17) is 10.8 Å². The van der Waals surface area contributed by atoms with Crippen molar-refractivity contribution >= 4 is 23.6 Å². The molecule has 1 aliphatic rings. The van der Waals surface area contributed by atoms with Crippen LogP contribution in [0.4, 0.5) is 5.69 Å². The molecule has 0 saturated heterocycles. The number of aryl methyl sites for hydroxylation is 1. The number of fused-ring (bicyclic) bond motifs is 1. The first-order valence-corrected chi connectivity index (χ1v) is 4.37. The molecule has 6 heteroatoms. The first kappa shape index (κ1) is 9.45. The van der Waals surface area contributed by atoms with E-state index < -0.39 is 5.97 Å². The molecule has 1 aromatic heterocycles. The van der Waals surface area contributed by atoms with Gasteiger partial charge >= 0.3 is 5.97 Å². The number of nitrogens with zero attached hydrogens (tertiary/aromatic N) is 3. The molecule has 0 aliphatic carbocycles. The van der Waals surface area contributed by atoms with Gasteiger partial charge in [-0.2, -0.15) is 5.10 Å². The van der Waals surface area contributed by atoms with Crippen LogP contribution in [0.2, 0.25) is 0 Å². The van der Waals surface area contributed by atoms with Crippen molar-refractivity contribution < 1.29 is 9.90 Å². The molecule has 15 heavy (non-hydrogen) atoms. The highest BCUT2D eigenvalue weighted by Crippen LogP contribution is 2.25. The van der Waals surface area contributed by atoms with Gasteiger partial charge in [-0.3, -0.25) is 4.68 Å². The summed E-state index contributed by atoms with van der Waals surface area (Å²) in [7, 11) is 1.73. The summed E-state index contributed by atoms with van der Waals surface area (Å²) in [5.41, 5.74) is 7.08. The molecule has 0 amide bonds. The second-order valence-corrected chi connectivity index (χ2v) is 3.29. The molecule has 0 unspecified atom stereocenters. The van der Waals surface area contributed by atoms with Gasteiger partial charge in [0.05, 0.1) is 11.9 Å². The lowest BCUT2D eigenvalue weighted by atomic mass is 10.1. The molecule has 0 bridgehead atoms. The zero-order valence-corrected chi connectivity index (χ0v) is 8.14.